The van der Waals surface area contributed by atoms with E-state index in [9.17, 15) is 4.79 Å². The molecule has 3 heterocycles. The number of amides is 1. The minimum absolute atomic E-state index is 0.240. The first-order chi connectivity index (χ1) is 14.1. The van der Waals surface area contributed by atoms with E-state index in [2.05, 4.69) is 15.3 Å². The summed E-state index contributed by atoms with van der Waals surface area (Å²) < 4.78 is 16.3. The van der Waals surface area contributed by atoms with Crippen molar-refractivity contribution in [3.05, 3.63) is 52.5 Å². The van der Waals surface area contributed by atoms with E-state index in [1.54, 1.807) is 21.1 Å². The summed E-state index contributed by atoms with van der Waals surface area (Å²) in [5.41, 5.74) is 1.70. The molecule has 0 aliphatic carbocycles. The third-order valence-corrected chi connectivity index (χ3v) is 5.77. The predicted octanol–water partition coefficient (Wildman–Crippen LogP) is 5.10. The van der Waals surface area contributed by atoms with Gasteiger partial charge >= 0.3 is 0 Å². The van der Waals surface area contributed by atoms with E-state index in [1.807, 2.05) is 41.1 Å². The van der Waals surface area contributed by atoms with Crippen LogP contribution >= 0.6 is 22.7 Å². The van der Waals surface area contributed by atoms with Gasteiger partial charge in [-0.25, -0.2) is 9.97 Å². The third-order valence-electron chi connectivity index (χ3n) is 4.15. The Labute approximate surface area is 175 Å². The van der Waals surface area contributed by atoms with Gasteiger partial charge in [-0.1, -0.05) is 6.07 Å². The van der Waals surface area contributed by atoms with E-state index < -0.39 is 0 Å². The molecule has 148 valence electrons. The number of rotatable bonds is 6. The first-order valence-corrected chi connectivity index (χ1v) is 10.4. The first kappa shape index (κ1) is 19.2. The molecule has 0 spiro atoms. The van der Waals surface area contributed by atoms with Gasteiger partial charge in [0.2, 0.25) is 5.89 Å². The number of carbonyl (C=O) groups is 1. The predicted molar refractivity (Wildman–Crippen MR) is 113 cm³/mol. The van der Waals surface area contributed by atoms with E-state index in [0.29, 0.717) is 34.0 Å². The van der Waals surface area contributed by atoms with Gasteiger partial charge in [-0.3, -0.25) is 10.1 Å². The molecule has 0 aliphatic heterocycles. The Kier molecular flexibility index (Phi) is 5.32. The zero-order chi connectivity index (χ0) is 20.4. The number of carbonyl (C=O) groups excluding carboxylic acids is 1. The molecule has 0 saturated heterocycles. The summed E-state index contributed by atoms with van der Waals surface area (Å²) in [5.74, 6) is 1.88. The lowest BCUT2D eigenvalue weighted by atomic mass is 10.1. The van der Waals surface area contributed by atoms with Crippen molar-refractivity contribution in [3.63, 3.8) is 0 Å². The van der Waals surface area contributed by atoms with Crippen LogP contribution in [0, 0.1) is 6.92 Å². The summed E-state index contributed by atoms with van der Waals surface area (Å²) in [6.07, 6.45) is 0. The Hall–Kier alpha value is -3.17. The smallest absolute Gasteiger partial charge is 0.279 e. The van der Waals surface area contributed by atoms with Gasteiger partial charge in [0.1, 0.15) is 17.3 Å². The highest BCUT2D eigenvalue weighted by Gasteiger charge is 2.20. The summed E-state index contributed by atoms with van der Waals surface area (Å²) >= 11 is 2.82. The molecule has 0 radical (unpaired) electrons. The molecule has 0 bridgehead atoms. The standard InChI is InChI=1S/C20H17N3O4S2/c1-11-17(22-19(27-11)16-5-4-8-28-16)18(24)23-20-21-14(10-29-20)13-9-12(25-2)6-7-15(13)26-3/h4-10H,1-3H3,(H,21,23,24). The molecule has 3 aromatic heterocycles. The maximum atomic E-state index is 12.7. The zero-order valence-electron chi connectivity index (χ0n) is 15.9. The monoisotopic (exact) mass is 427 g/mol. The lowest BCUT2D eigenvalue weighted by Gasteiger charge is -2.08. The molecule has 7 nitrogen and oxygen atoms in total. The van der Waals surface area contributed by atoms with Crippen LogP contribution in [-0.4, -0.2) is 30.1 Å². The van der Waals surface area contributed by atoms with Crippen LogP contribution in [0.5, 0.6) is 11.5 Å². The Bertz CT molecular complexity index is 1150. The van der Waals surface area contributed by atoms with Crippen LogP contribution in [0.4, 0.5) is 5.13 Å². The van der Waals surface area contributed by atoms with Crippen LogP contribution in [0.15, 0.2) is 45.5 Å². The topological polar surface area (TPSA) is 86.5 Å². The van der Waals surface area contributed by atoms with Gasteiger partial charge in [-0.15, -0.1) is 22.7 Å². The van der Waals surface area contributed by atoms with E-state index >= 15 is 0 Å². The number of aromatic nitrogens is 2. The highest BCUT2D eigenvalue weighted by molar-refractivity contribution is 7.14. The van der Waals surface area contributed by atoms with Crippen molar-refractivity contribution in [2.24, 2.45) is 0 Å². The highest BCUT2D eigenvalue weighted by Crippen LogP contribution is 2.35. The van der Waals surface area contributed by atoms with E-state index in [-0.39, 0.29) is 11.6 Å². The van der Waals surface area contributed by atoms with Gasteiger partial charge in [-0.2, -0.15) is 0 Å². The van der Waals surface area contributed by atoms with Gasteiger partial charge < -0.3 is 13.9 Å². The average molecular weight is 428 g/mol. The second kappa shape index (κ2) is 8.06. The second-order valence-corrected chi connectivity index (χ2v) is 7.77. The number of nitrogens with one attached hydrogen (secondary N) is 1. The molecule has 0 fully saturated rings. The van der Waals surface area contributed by atoms with Crippen molar-refractivity contribution in [1.29, 1.82) is 0 Å². The lowest BCUT2D eigenvalue weighted by Crippen LogP contribution is -2.13. The van der Waals surface area contributed by atoms with Crippen molar-refractivity contribution in [2.45, 2.75) is 6.92 Å². The van der Waals surface area contributed by atoms with Crippen LogP contribution in [-0.2, 0) is 0 Å². The molecule has 9 heteroatoms. The molecule has 0 unspecified atom stereocenters. The zero-order valence-corrected chi connectivity index (χ0v) is 17.5. The number of oxazole rings is 1. The molecule has 1 amide bonds. The van der Waals surface area contributed by atoms with Crippen molar-refractivity contribution in [1.82, 2.24) is 9.97 Å². The Morgan fingerprint density at radius 1 is 1.14 bits per heavy atom. The number of hydrogen-bond donors (Lipinski definition) is 1. The van der Waals surface area contributed by atoms with Crippen molar-refractivity contribution < 1.29 is 18.7 Å². The van der Waals surface area contributed by atoms with Gasteiger partial charge in [-0.05, 0) is 36.6 Å². The number of aryl methyl sites for hydroxylation is 1. The fraction of sp³-hybridized carbons (Fsp3) is 0.150. The number of benzene rings is 1. The normalized spacial score (nSPS) is 10.7. The van der Waals surface area contributed by atoms with Gasteiger partial charge in [0.15, 0.2) is 10.8 Å². The fourth-order valence-corrected chi connectivity index (χ4v) is 4.09. The molecule has 29 heavy (non-hydrogen) atoms. The summed E-state index contributed by atoms with van der Waals surface area (Å²) in [5, 5.41) is 7.02. The largest absolute Gasteiger partial charge is 0.497 e. The van der Waals surface area contributed by atoms with Crippen LogP contribution in [0.2, 0.25) is 0 Å². The Morgan fingerprint density at radius 2 is 2.00 bits per heavy atom. The number of thiazole rings is 1. The van der Waals surface area contributed by atoms with E-state index in [1.165, 1.54) is 22.7 Å². The van der Waals surface area contributed by atoms with Gasteiger partial charge in [0, 0.05) is 10.9 Å². The molecule has 4 rings (SSSR count). The number of methoxy groups -OCH3 is 2. The van der Waals surface area contributed by atoms with Crippen molar-refractivity contribution in [2.75, 3.05) is 19.5 Å². The number of nitrogens with zero attached hydrogens (tertiary/aromatic N) is 2. The highest BCUT2D eigenvalue weighted by atomic mass is 32.1. The van der Waals surface area contributed by atoms with Gasteiger partial charge in [0.05, 0.1) is 24.8 Å². The molecular formula is C20H17N3O4S2. The third kappa shape index (κ3) is 3.87. The summed E-state index contributed by atoms with van der Waals surface area (Å²) in [6, 6.07) is 9.27. The average Bonchev–Trinajstić information content (AvgIpc) is 3.48. The number of hydrogen-bond acceptors (Lipinski definition) is 8. The maximum absolute atomic E-state index is 12.7. The summed E-state index contributed by atoms with van der Waals surface area (Å²) in [4.78, 5) is 22.4. The molecule has 0 aliphatic rings. The first-order valence-electron chi connectivity index (χ1n) is 8.59. The summed E-state index contributed by atoms with van der Waals surface area (Å²) in [6.45, 7) is 1.72. The molecule has 1 N–H and O–H groups in total. The number of ether oxygens (including phenoxy) is 2. The number of thiophene rings is 1. The Morgan fingerprint density at radius 3 is 2.72 bits per heavy atom. The molecule has 1 aromatic carbocycles. The molecular weight excluding hydrogens is 410 g/mol. The molecule has 4 aromatic rings. The van der Waals surface area contributed by atoms with Crippen LogP contribution in [0.25, 0.3) is 22.0 Å². The molecule has 0 saturated carbocycles. The fourth-order valence-electron chi connectivity index (χ4n) is 2.74. The maximum Gasteiger partial charge on any atom is 0.279 e. The van der Waals surface area contributed by atoms with Crippen LogP contribution in [0.1, 0.15) is 16.2 Å². The number of anilines is 1. The van der Waals surface area contributed by atoms with E-state index in [4.69, 9.17) is 13.9 Å². The minimum atomic E-state index is -0.368. The SMILES string of the molecule is COc1ccc(OC)c(-c2csc(NC(=O)c3nc(-c4cccs4)oc3C)n2)c1. The second-order valence-electron chi connectivity index (χ2n) is 5.96. The van der Waals surface area contributed by atoms with Crippen LogP contribution < -0.4 is 14.8 Å². The van der Waals surface area contributed by atoms with E-state index in [0.717, 1.165) is 10.4 Å². The van der Waals surface area contributed by atoms with Gasteiger partial charge in [0.25, 0.3) is 5.91 Å². The van der Waals surface area contributed by atoms with Crippen molar-refractivity contribution >= 4 is 33.7 Å². The summed E-state index contributed by atoms with van der Waals surface area (Å²) in [7, 11) is 3.20. The Balaban J connectivity index is 1.56. The quantitative estimate of drug-likeness (QED) is 0.460. The minimum Gasteiger partial charge on any atom is -0.497 e. The lowest BCUT2D eigenvalue weighted by molar-refractivity contribution is 0.102. The van der Waals surface area contributed by atoms with Crippen molar-refractivity contribution in [3.8, 4) is 33.5 Å². The van der Waals surface area contributed by atoms with Crippen LogP contribution in [0.3, 0.4) is 0 Å². The molecule has 0 atom stereocenters.